The zero-order chi connectivity index (χ0) is 21.3. The van der Waals surface area contributed by atoms with E-state index in [4.69, 9.17) is 0 Å². The second kappa shape index (κ2) is 8.02. The Morgan fingerprint density at radius 1 is 1.17 bits per heavy atom. The predicted octanol–water partition coefficient (Wildman–Crippen LogP) is 4.69. The van der Waals surface area contributed by atoms with Gasteiger partial charge in [0.05, 0.1) is 0 Å². The number of nitrogens with one attached hydrogen (secondary N) is 2. The molecule has 29 heavy (non-hydrogen) atoms. The van der Waals surface area contributed by atoms with Gasteiger partial charge in [-0.1, -0.05) is 26.8 Å². The van der Waals surface area contributed by atoms with E-state index in [0.29, 0.717) is 24.1 Å². The molecule has 0 bridgehead atoms. The fourth-order valence-corrected chi connectivity index (χ4v) is 3.53. The first-order valence-electron chi connectivity index (χ1n) is 9.17. The quantitative estimate of drug-likeness (QED) is 0.719. The molecule has 1 aliphatic heterocycles. The van der Waals surface area contributed by atoms with Crippen LogP contribution >= 0.6 is 0 Å². The van der Waals surface area contributed by atoms with Crippen LogP contribution in [0.1, 0.15) is 43.5 Å². The normalized spacial score (nSPS) is 16.5. The Bertz CT molecular complexity index is 902. The molecule has 3 rings (SSSR count). The van der Waals surface area contributed by atoms with E-state index in [0.717, 1.165) is 12.1 Å². The maximum Gasteiger partial charge on any atom is 0.387 e. The molecular formula is C21H22F4N2O2. The lowest BCUT2D eigenvalue weighted by Crippen LogP contribution is -2.38. The zero-order valence-corrected chi connectivity index (χ0v) is 16.3. The van der Waals surface area contributed by atoms with Crippen LogP contribution in [0.15, 0.2) is 30.3 Å². The van der Waals surface area contributed by atoms with Crippen molar-refractivity contribution in [3.05, 3.63) is 58.7 Å². The SMILES string of the molecule is CC(C)(C)c1c(F)cc(NC(=O)[C@@H]2NCCc3cc(OC(F)F)ccc32)cc1F. The summed E-state index contributed by atoms with van der Waals surface area (Å²) in [7, 11) is 0. The molecule has 0 saturated carbocycles. The molecule has 0 aromatic heterocycles. The Hall–Kier alpha value is -2.61. The number of carbonyl (C=O) groups is 1. The van der Waals surface area contributed by atoms with Gasteiger partial charge in [-0.3, -0.25) is 4.79 Å². The van der Waals surface area contributed by atoms with Gasteiger partial charge in [0.25, 0.3) is 0 Å². The fourth-order valence-electron chi connectivity index (χ4n) is 3.53. The number of alkyl halides is 2. The molecule has 2 aromatic rings. The molecule has 0 spiro atoms. The van der Waals surface area contributed by atoms with Gasteiger partial charge in [-0.25, -0.2) is 8.78 Å². The van der Waals surface area contributed by atoms with E-state index in [-0.39, 0.29) is 17.0 Å². The summed E-state index contributed by atoms with van der Waals surface area (Å²) < 4.78 is 58.0. The minimum absolute atomic E-state index is 0.00424. The van der Waals surface area contributed by atoms with Crippen LogP contribution in [0.2, 0.25) is 0 Å². The summed E-state index contributed by atoms with van der Waals surface area (Å²) in [4.78, 5) is 12.7. The third-order valence-electron chi connectivity index (χ3n) is 4.72. The number of fused-ring (bicyclic) bond motifs is 1. The fraction of sp³-hybridized carbons (Fsp3) is 0.381. The number of benzene rings is 2. The van der Waals surface area contributed by atoms with Crippen LogP contribution in [-0.2, 0) is 16.6 Å². The predicted molar refractivity (Wildman–Crippen MR) is 101 cm³/mol. The molecule has 1 aliphatic rings. The molecule has 2 aromatic carbocycles. The van der Waals surface area contributed by atoms with Crippen molar-refractivity contribution in [2.24, 2.45) is 0 Å². The topological polar surface area (TPSA) is 50.4 Å². The van der Waals surface area contributed by atoms with Gasteiger partial charge < -0.3 is 15.4 Å². The van der Waals surface area contributed by atoms with Crippen molar-refractivity contribution in [3.63, 3.8) is 0 Å². The zero-order valence-electron chi connectivity index (χ0n) is 16.3. The summed E-state index contributed by atoms with van der Waals surface area (Å²) in [5.41, 5.74) is 0.524. The summed E-state index contributed by atoms with van der Waals surface area (Å²) in [6, 6.07) is 5.76. The Balaban J connectivity index is 1.82. The van der Waals surface area contributed by atoms with Crippen molar-refractivity contribution in [3.8, 4) is 5.75 Å². The Morgan fingerprint density at radius 3 is 2.41 bits per heavy atom. The van der Waals surface area contributed by atoms with E-state index in [1.807, 2.05) is 0 Å². The molecular weight excluding hydrogens is 388 g/mol. The number of hydrogen-bond acceptors (Lipinski definition) is 3. The molecule has 0 aliphatic carbocycles. The highest BCUT2D eigenvalue weighted by Gasteiger charge is 2.28. The highest BCUT2D eigenvalue weighted by Crippen LogP contribution is 2.32. The maximum absolute atomic E-state index is 14.4. The Kier molecular flexibility index (Phi) is 5.84. The van der Waals surface area contributed by atoms with Crippen molar-refractivity contribution in [1.82, 2.24) is 5.32 Å². The number of rotatable bonds is 4. The van der Waals surface area contributed by atoms with Gasteiger partial charge in [0.1, 0.15) is 23.4 Å². The van der Waals surface area contributed by atoms with Crippen LogP contribution in [0, 0.1) is 11.6 Å². The number of carbonyl (C=O) groups excluding carboxylic acids is 1. The van der Waals surface area contributed by atoms with Crippen LogP contribution in [-0.4, -0.2) is 19.1 Å². The van der Waals surface area contributed by atoms with E-state index >= 15 is 0 Å². The van der Waals surface area contributed by atoms with Gasteiger partial charge in [0, 0.05) is 17.8 Å². The van der Waals surface area contributed by atoms with Crippen molar-refractivity contribution in [1.29, 1.82) is 0 Å². The van der Waals surface area contributed by atoms with E-state index in [1.165, 1.54) is 18.2 Å². The van der Waals surface area contributed by atoms with Gasteiger partial charge in [-0.15, -0.1) is 0 Å². The first kappa shape index (κ1) is 21.1. The molecule has 156 valence electrons. The molecule has 1 amide bonds. The number of hydrogen-bond donors (Lipinski definition) is 2. The molecule has 0 fully saturated rings. The lowest BCUT2D eigenvalue weighted by Gasteiger charge is -2.27. The summed E-state index contributed by atoms with van der Waals surface area (Å²) in [5.74, 6) is -1.96. The smallest absolute Gasteiger partial charge is 0.387 e. The van der Waals surface area contributed by atoms with E-state index in [2.05, 4.69) is 15.4 Å². The van der Waals surface area contributed by atoms with Crippen molar-refractivity contribution < 1.29 is 27.1 Å². The molecule has 4 nitrogen and oxygen atoms in total. The van der Waals surface area contributed by atoms with Crippen LogP contribution in [0.4, 0.5) is 23.2 Å². The lowest BCUT2D eigenvalue weighted by atomic mass is 9.86. The molecule has 2 N–H and O–H groups in total. The Labute approximate surface area is 166 Å². The van der Waals surface area contributed by atoms with E-state index in [9.17, 15) is 22.4 Å². The van der Waals surface area contributed by atoms with Crippen molar-refractivity contribution in [2.75, 3.05) is 11.9 Å². The van der Waals surface area contributed by atoms with Crippen LogP contribution in [0.3, 0.4) is 0 Å². The number of ether oxygens (including phenoxy) is 1. The van der Waals surface area contributed by atoms with Crippen molar-refractivity contribution >= 4 is 11.6 Å². The second-order valence-corrected chi connectivity index (χ2v) is 7.93. The Morgan fingerprint density at radius 2 is 1.83 bits per heavy atom. The van der Waals surface area contributed by atoms with Gasteiger partial charge in [-0.05, 0) is 47.2 Å². The van der Waals surface area contributed by atoms with Crippen LogP contribution in [0.5, 0.6) is 5.75 Å². The van der Waals surface area contributed by atoms with Gasteiger partial charge >= 0.3 is 6.61 Å². The average Bonchev–Trinajstić information content (AvgIpc) is 2.58. The maximum atomic E-state index is 14.4. The first-order valence-corrected chi connectivity index (χ1v) is 9.17. The molecule has 1 atom stereocenters. The number of halogens is 4. The summed E-state index contributed by atoms with van der Waals surface area (Å²) in [5, 5.41) is 5.56. The molecule has 1 heterocycles. The standard InChI is InChI=1S/C21H22F4N2O2/c1-21(2,3)17-15(22)9-12(10-16(17)23)27-19(28)18-14-5-4-13(29-20(24)25)8-11(14)6-7-26-18/h4-5,8-10,18,20,26H,6-7H2,1-3H3,(H,27,28)/t18-/m1/s1. The summed E-state index contributed by atoms with van der Waals surface area (Å²) >= 11 is 0. The van der Waals surface area contributed by atoms with Crippen LogP contribution < -0.4 is 15.4 Å². The average molecular weight is 410 g/mol. The third-order valence-corrected chi connectivity index (χ3v) is 4.72. The minimum atomic E-state index is -2.94. The monoisotopic (exact) mass is 410 g/mol. The first-order chi connectivity index (χ1) is 13.6. The summed E-state index contributed by atoms with van der Waals surface area (Å²) in [6.45, 7) is 2.59. The molecule has 8 heteroatoms. The van der Waals surface area contributed by atoms with Gasteiger partial charge in [-0.2, -0.15) is 8.78 Å². The second-order valence-electron chi connectivity index (χ2n) is 7.93. The van der Waals surface area contributed by atoms with Crippen LogP contribution in [0.25, 0.3) is 0 Å². The third kappa shape index (κ3) is 4.70. The lowest BCUT2D eigenvalue weighted by molar-refractivity contribution is -0.118. The van der Waals surface area contributed by atoms with Crippen molar-refractivity contribution in [2.45, 2.75) is 45.3 Å². The number of anilines is 1. The molecule has 0 saturated heterocycles. The minimum Gasteiger partial charge on any atom is -0.435 e. The van der Waals surface area contributed by atoms with Gasteiger partial charge in [0.15, 0.2) is 0 Å². The van der Waals surface area contributed by atoms with E-state index < -0.39 is 35.6 Å². The highest BCUT2D eigenvalue weighted by atomic mass is 19.3. The van der Waals surface area contributed by atoms with E-state index in [1.54, 1.807) is 20.8 Å². The highest BCUT2D eigenvalue weighted by molar-refractivity contribution is 5.96. The summed E-state index contributed by atoms with van der Waals surface area (Å²) in [6.07, 6.45) is 0.531. The molecule has 0 radical (unpaired) electrons. The molecule has 0 unspecified atom stereocenters. The number of amides is 1. The van der Waals surface area contributed by atoms with Gasteiger partial charge in [0.2, 0.25) is 5.91 Å². The largest absolute Gasteiger partial charge is 0.435 e.